The summed E-state index contributed by atoms with van der Waals surface area (Å²) in [5.41, 5.74) is 3.25. The Morgan fingerprint density at radius 1 is 1.30 bits per heavy atom. The summed E-state index contributed by atoms with van der Waals surface area (Å²) in [5.74, 6) is -0.524. The van der Waals surface area contributed by atoms with Crippen LogP contribution in [0.3, 0.4) is 0 Å². The Morgan fingerprint density at radius 3 is 2.83 bits per heavy atom. The summed E-state index contributed by atoms with van der Waals surface area (Å²) in [6.45, 7) is 2.75. The van der Waals surface area contributed by atoms with Crippen molar-refractivity contribution in [3.63, 3.8) is 0 Å². The summed E-state index contributed by atoms with van der Waals surface area (Å²) in [6, 6.07) is 5.24. The van der Waals surface area contributed by atoms with E-state index in [2.05, 4.69) is 10.7 Å². The van der Waals surface area contributed by atoms with Crippen molar-refractivity contribution in [2.75, 3.05) is 37.7 Å². The molecule has 1 aromatic carbocycles. The molecule has 2 heterocycles. The molecule has 2 fully saturated rings. The number of hydrogen-bond donors (Lipinski definition) is 2. The van der Waals surface area contributed by atoms with Crippen LogP contribution in [0.15, 0.2) is 24.3 Å². The minimum absolute atomic E-state index is 0.132. The van der Waals surface area contributed by atoms with Gasteiger partial charge in [-0.2, -0.15) is 0 Å². The molecule has 0 radical (unpaired) electrons. The van der Waals surface area contributed by atoms with Gasteiger partial charge in [-0.15, -0.1) is 0 Å². The third-order valence-electron chi connectivity index (χ3n) is 3.85. The number of halogens is 1. The van der Waals surface area contributed by atoms with Crippen LogP contribution >= 0.6 is 0 Å². The Hall–Kier alpha value is -2.19. The fraction of sp³-hybridized carbons (Fsp3) is 0.467. The summed E-state index contributed by atoms with van der Waals surface area (Å²) < 4.78 is 18.5. The van der Waals surface area contributed by atoms with Crippen LogP contribution in [0.4, 0.5) is 14.9 Å². The molecule has 3 rings (SSSR count). The number of carbonyl (C=O) groups excluding carboxylic acids is 2. The second-order valence-corrected chi connectivity index (χ2v) is 5.57. The first-order chi connectivity index (χ1) is 11.1. The van der Waals surface area contributed by atoms with Crippen LogP contribution in [0, 0.1) is 5.82 Å². The molecule has 0 saturated carbocycles. The molecular formula is C15H19FN4O3. The Morgan fingerprint density at radius 2 is 2.09 bits per heavy atom. The van der Waals surface area contributed by atoms with Gasteiger partial charge in [-0.1, -0.05) is 6.07 Å². The van der Waals surface area contributed by atoms with E-state index >= 15 is 0 Å². The van der Waals surface area contributed by atoms with Crippen molar-refractivity contribution in [1.29, 1.82) is 0 Å². The monoisotopic (exact) mass is 322 g/mol. The van der Waals surface area contributed by atoms with Gasteiger partial charge >= 0.3 is 6.03 Å². The quantitative estimate of drug-likeness (QED) is 0.849. The Kier molecular flexibility index (Phi) is 4.73. The number of nitrogens with one attached hydrogen (secondary N) is 2. The minimum atomic E-state index is -0.392. The number of ether oxygens (including phenoxy) is 1. The van der Waals surface area contributed by atoms with Gasteiger partial charge in [-0.05, 0) is 18.2 Å². The maximum atomic E-state index is 13.3. The number of rotatable bonds is 3. The zero-order valence-corrected chi connectivity index (χ0v) is 12.6. The van der Waals surface area contributed by atoms with E-state index in [1.54, 1.807) is 17.1 Å². The van der Waals surface area contributed by atoms with Crippen LogP contribution in [0.2, 0.25) is 0 Å². The molecule has 1 aromatic rings. The van der Waals surface area contributed by atoms with Crippen LogP contribution in [0.5, 0.6) is 0 Å². The molecule has 2 saturated heterocycles. The molecule has 23 heavy (non-hydrogen) atoms. The van der Waals surface area contributed by atoms with Crippen LogP contribution in [-0.4, -0.2) is 55.8 Å². The molecule has 2 N–H and O–H groups in total. The first kappa shape index (κ1) is 15.7. The zero-order chi connectivity index (χ0) is 16.2. The number of nitrogens with zero attached hydrogens (tertiary/aromatic N) is 2. The van der Waals surface area contributed by atoms with E-state index in [1.165, 1.54) is 17.0 Å². The molecule has 8 heteroatoms. The van der Waals surface area contributed by atoms with Gasteiger partial charge < -0.3 is 15.0 Å². The summed E-state index contributed by atoms with van der Waals surface area (Å²) in [5, 5.41) is 4.56. The maximum Gasteiger partial charge on any atom is 0.329 e. The van der Waals surface area contributed by atoms with Crippen LogP contribution in [0.1, 0.15) is 6.42 Å². The fourth-order valence-corrected chi connectivity index (χ4v) is 2.73. The van der Waals surface area contributed by atoms with Crippen LogP contribution in [0.25, 0.3) is 0 Å². The van der Waals surface area contributed by atoms with Crippen LogP contribution in [-0.2, 0) is 9.53 Å². The van der Waals surface area contributed by atoms with Gasteiger partial charge in [0.15, 0.2) is 0 Å². The summed E-state index contributed by atoms with van der Waals surface area (Å²) >= 11 is 0. The van der Waals surface area contributed by atoms with Crippen molar-refractivity contribution in [2.45, 2.75) is 12.5 Å². The second-order valence-electron chi connectivity index (χ2n) is 5.57. The van der Waals surface area contributed by atoms with E-state index in [4.69, 9.17) is 4.74 Å². The number of morpholine rings is 1. The van der Waals surface area contributed by atoms with Crippen molar-refractivity contribution in [3.05, 3.63) is 30.1 Å². The normalized spacial score (nSPS) is 22.2. The van der Waals surface area contributed by atoms with Crippen molar-refractivity contribution in [3.8, 4) is 0 Å². The molecular weight excluding hydrogens is 303 g/mol. The highest BCUT2D eigenvalue weighted by Crippen LogP contribution is 2.22. The largest absolute Gasteiger partial charge is 0.379 e. The average molecular weight is 322 g/mol. The van der Waals surface area contributed by atoms with Gasteiger partial charge in [0.2, 0.25) is 5.91 Å². The molecule has 2 aliphatic rings. The lowest BCUT2D eigenvalue weighted by molar-refractivity contribution is -0.117. The smallest absolute Gasteiger partial charge is 0.329 e. The number of amides is 3. The minimum Gasteiger partial charge on any atom is -0.379 e. The lowest BCUT2D eigenvalue weighted by atomic mass is 10.2. The highest BCUT2D eigenvalue weighted by molar-refractivity contribution is 5.96. The number of benzene rings is 1. The maximum absolute atomic E-state index is 13.3. The zero-order valence-electron chi connectivity index (χ0n) is 12.6. The molecule has 0 unspecified atom stereocenters. The van der Waals surface area contributed by atoms with E-state index in [1.807, 2.05) is 0 Å². The third kappa shape index (κ3) is 3.96. The Labute approximate surface area is 133 Å². The predicted octanol–water partition coefficient (Wildman–Crippen LogP) is 0.477. The number of hydrogen-bond acceptors (Lipinski definition) is 4. The van der Waals surface area contributed by atoms with E-state index < -0.39 is 5.82 Å². The first-order valence-electron chi connectivity index (χ1n) is 7.57. The third-order valence-corrected chi connectivity index (χ3v) is 3.85. The lowest BCUT2D eigenvalue weighted by Gasteiger charge is -2.27. The lowest BCUT2D eigenvalue weighted by Crippen LogP contribution is -2.53. The molecule has 0 spiro atoms. The van der Waals surface area contributed by atoms with Crippen molar-refractivity contribution in [2.24, 2.45) is 0 Å². The number of hydrazine groups is 1. The molecule has 7 nitrogen and oxygen atoms in total. The van der Waals surface area contributed by atoms with E-state index in [0.717, 1.165) is 0 Å². The topological polar surface area (TPSA) is 73.9 Å². The molecule has 0 bridgehead atoms. The van der Waals surface area contributed by atoms with E-state index in [0.29, 0.717) is 38.5 Å². The molecule has 3 amide bonds. The summed E-state index contributed by atoms with van der Waals surface area (Å²) in [7, 11) is 0. The van der Waals surface area contributed by atoms with Crippen molar-refractivity contribution >= 4 is 17.6 Å². The van der Waals surface area contributed by atoms with Gasteiger partial charge in [-0.25, -0.2) is 14.2 Å². The van der Waals surface area contributed by atoms with Crippen LogP contribution < -0.4 is 15.6 Å². The van der Waals surface area contributed by atoms with Crippen molar-refractivity contribution in [1.82, 2.24) is 15.8 Å². The van der Waals surface area contributed by atoms with Gasteiger partial charge in [-0.3, -0.25) is 10.2 Å². The first-order valence-corrected chi connectivity index (χ1v) is 7.57. The number of carbonyl (C=O) groups is 2. The average Bonchev–Trinajstić information content (AvgIpc) is 2.88. The second kappa shape index (κ2) is 6.93. The standard InChI is InChI=1S/C15H19FN4O3/c16-11-2-1-3-13(8-11)20-10-12(9-14(20)21)17-15(22)18-19-4-6-23-7-5-19/h1-3,8,12H,4-7,9-10H2,(H2,17,18,22)/t12-/m0/s1. The summed E-state index contributed by atoms with van der Waals surface area (Å²) in [6.07, 6.45) is 0.201. The Bertz CT molecular complexity index is 592. The SMILES string of the molecule is O=C(N[C@H]1CC(=O)N(c2cccc(F)c2)C1)NN1CCOCC1. The van der Waals surface area contributed by atoms with Gasteiger partial charge in [0.1, 0.15) is 5.82 Å². The highest BCUT2D eigenvalue weighted by atomic mass is 19.1. The fourth-order valence-electron chi connectivity index (χ4n) is 2.73. The van der Waals surface area contributed by atoms with Gasteiger partial charge in [0.25, 0.3) is 0 Å². The summed E-state index contributed by atoms with van der Waals surface area (Å²) in [4.78, 5) is 25.5. The molecule has 2 aliphatic heterocycles. The highest BCUT2D eigenvalue weighted by Gasteiger charge is 2.32. The molecule has 1 atom stereocenters. The van der Waals surface area contributed by atoms with Crippen molar-refractivity contribution < 1.29 is 18.7 Å². The Balaban J connectivity index is 1.54. The number of urea groups is 1. The predicted molar refractivity (Wildman–Crippen MR) is 81.2 cm³/mol. The molecule has 124 valence electrons. The molecule has 0 aliphatic carbocycles. The van der Waals surface area contributed by atoms with E-state index in [9.17, 15) is 14.0 Å². The van der Waals surface area contributed by atoms with Gasteiger partial charge in [0, 0.05) is 31.7 Å². The number of anilines is 1. The van der Waals surface area contributed by atoms with Gasteiger partial charge in [0.05, 0.1) is 19.3 Å². The van der Waals surface area contributed by atoms with E-state index in [-0.39, 0.29) is 24.4 Å². The molecule has 0 aromatic heterocycles.